The van der Waals surface area contributed by atoms with Crippen LogP contribution in [0.25, 0.3) is 0 Å². The Morgan fingerprint density at radius 1 is 1.03 bits per heavy atom. The average molecular weight is 460 g/mol. The van der Waals surface area contributed by atoms with Crippen molar-refractivity contribution < 1.29 is 14.3 Å². The minimum atomic E-state index is -0.120. The smallest absolute Gasteiger partial charge is 0.251 e. The van der Waals surface area contributed by atoms with Crippen LogP contribution in [0.5, 0.6) is 5.75 Å². The summed E-state index contributed by atoms with van der Waals surface area (Å²) < 4.78 is 14.0. The van der Waals surface area contributed by atoms with E-state index >= 15 is 0 Å². The van der Waals surface area contributed by atoms with Gasteiger partial charge in [-0.15, -0.1) is 5.10 Å². The number of ether oxygens (including phenoxy) is 2. The number of carbonyl (C=O) groups excluding carboxylic acids is 1. The van der Waals surface area contributed by atoms with E-state index in [2.05, 4.69) is 44.8 Å². The summed E-state index contributed by atoms with van der Waals surface area (Å²) in [5.74, 6) is 0.599. The van der Waals surface area contributed by atoms with Gasteiger partial charge in [0.15, 0.2) is 0 Å². The zero-order chi connectivity index (χ0) is 22.9. The highest BCUT2D eigenvalue weighted by atomic mass is 16.5. The number of hydrogen-bond donors (Lipinski definition) is 1. The molecule has 0 unspecified atom stereocenters. The summed E-state index contributed by atoms with van der Waals surface area (Å²) in [6, 6.07) is 16.4. The molecule has 1 amide bonds. The van der Waals surface area contributed by atoms with E-state index in [9.17, 15) is 4.79 Å². The van der Waals surface area contributed by atoms with Crippen LogP contribution >= 0.6 is 0 Å². The summed E-state index contributed by atoms with van der Waals surface area (Å²) >= 11 is 0. The maximum Gasteiger partial charge on any atom is 0.251 e. The van der Waals surface area contributed by atoms with Crippen LogP contribution in [-0.2, 0) is 30.7 Å². The SMILES string of the molecule is O=C1N[C@H]2CN(C3Cc4ccccc4C3)C[C@@H]2OCc2cn(nn2)CCCOc2cccc1c2. The number of rotatable bonds is 1. The molecule has 3 heterocycles. The van der Waals surface area contributed by atoms with Gasteiger partial charge in [-0.3, -0.25) is 14.4 Å². The first-order chi connectivity index (χ1) is 16.7. The number of amides is 1. The molecule has 1 saturated heterocycles. The fourth-order valence-electron chi connectivity index (χ4n) is 5.30. The Morgan fingerprint density at radius 3 is 2.74 bits per heavy atom. The first-order valence-corrected chi connectivity index (χ1v) is 12.1. The Labute approximate surface area is 198 Å². The van der Waals surface area contributed by atoms with Gasteiger partial charge in [-0.05, 0) is 42.2 Å². The molecule has 2 atom stereocenters. The third-order valence-corrected chi connectivity index (χ3v) is 7.08. The summed E-state index contributed by atoms with van der Waals surface area (Å²) in [6.07, 6.45) is 4.68. The third-order valence-electron chi connectivity index (χ3n) is 7.08. The lowest BCUT2D eigenvalue weighted by atomic mass is 10.1. The third kappa shape index (κ3) is 4.43. The predicted molar refractivity (Wildman–Crippen MR) is 126 cm³/mol. The molecular formula is C26H29N5O3. The highest BCUT2D eigenvalue weighted by Crippen LogP contribution is 2.29. The van der Waals surface area contributed by atoms with Crippen molar-refractivity contribution in [3.8, 4) is 5.75 Å². The number of nitrogens with zero attached hydrogens (tertiary/aromatic N) is 4. The molecule has 176 valence electrons. The molecule has 3 aromatic rings. The van der Waals surface area contributed by atoms with Crippen molar-refractivity contribution in [2.75, 3.05) is 19.7 Å². The van der Waals surface area contributed by atoms with Crippen molar-refractivity contribution in [3.05, 3.63) is 77.1 Å². The summed E-state index contributed by atoms with van der Waals surface area (Å²) in [4.78, 5) is 15.6. The Morgan fingerprint density at radius 2 is 1.88 bits per heavy atom. The number of hydrogen-bond acceptors (Lipinski definition) is 6. The van der Waals surface area contributed by atoms with Crippen LogP contribution in [0.4, 0.5) is 0 Å². The van der Waals surface area contributed by atoms with E-state index in [1.807, 2.05) is 35.1 Å². The van der Waals surface area contributed by atoms with E-state index in [-0.39, 0.29) is 18.1 Å². The Hall–Kier alpha value is -3.23. The first-order valence-electron chi connectivity index (χ1n) is 12.1. The molecule has 1 fully saturated rings. The average Bonchev–Trinajstić information content (AvgIpc) is 3.58. The Balaban J connectivity index is 1.23. The molecule has 2 aliphatic heterocycles. The molecule has 34 heavy (non-hydrogen) atoms. The summed E-state index contributed by atoms with van der Waals surface area (Å²) in [5.41, 5.74) is 4.26. The standard InChI is InChI=1S/C26H29N5O3/c32-26-20-7-3-8-23(13-20)33-10-4-9-31-14-21(28-29-31)17-34-25-16-30(15-24(25)27-26)22-11-18-5-1-2-6-19(18)12-22/h1-3,5-8,13-14,22,24-25H,4,9-12,15-17H2,(H,27,32)/t24-,25-/m0/s1. The van der Waals surface area contributed by atoms with Crippen LogP contribution in [0.3, 0.4) is 0 Å². The van der Waals surface area contributed by atoms with Crippen LogP contribution in [-0.4, -0.2) is 63.7 Å². The first kappa shape index (κ1) is 21.3. The molecule has 6 rings (SSSR count). The lowest BCUT2D eigenvalue weighted by molar-refractivity contribution is 0.0278. The second-order valence-corrected chi connectivity index (χ2v) is 9.42. The molecule has 2 aromatic carbocycles. The topological polar surface area (TPSA) is 81.5 Å². The quantitative estimate of drug-likeness (QED) is 0.601. The number of fused-ring (bicyclic) bond motifs is 6. The zero-order valence-electron chi connectivity index (χ0n) is 19.1. The lowest BCUT2D eigenvalue weighted by Crippen LogP contribution is -2.44. The van der Waals surface area contributed by atoms with Crippen molar-refractivity contribution >= 4 is 5.91 Å². The van der Waals surface area contributed by atoms with Gasteiger partial charge in [0.05, 0.1) is 31.6 Å². The van der Waals surface area contributed by atoms with Crippen LogP contribution in [0, 0.1) is 0 Å². The molecule has 1 aromatic heterocycles. The molecular weight excluding hydrogens is 430 g/mol. The van der Waals surface area contributed by atoms with Gasteiger partial charge in [0, 0.05) is 37.7 Å². The fourth-order valence-corrected chi connectivity index (χ4v) is 5.30. The van der Waals surface area contributed by atoms with E-state index in [1.165, 1.54) is 11.1 Å². The van der Waals surface area contributed by atoms with Gasteiger partial charge in [-0.1, -0.05) is 35.5 Å². The van der Waals surface area contributed by atoms with E-state index in [4.69, 9.17) is 9.47 Å². The molecule has 1 N–H and O–H groups in total. The van der Waals surface area contributed by atoms with Gasteiger partial charge in [-0.2, -0.15) is 0 Å². The van der Waals surface area contributed by atoms with E-state index in [0.29, 0.717) is 30.6 Å². The van der Waals surface area contributed by atoms with Gasteiger partial charge in [0.1, 0.15) is 11.4 Å². The van der Waals surface area contributed by atoms with Crippen molar-refractivity contribution in [2.24, 2.45) is 0 Å². The molecule has 8 heteroatoms. The van der Waals surface area contributed by atoms with Gasteiger partial charge < -0.3 is 14.8 Å². The fraction of sp³-hybridized carbons (Fsp3) is 0.423. The van der Waals surface area contributed by atoms with Crippen molar-refractivity contribution in [2.45, 2.75) is 50.6 Å². The predicted octanol–water partition coefficient (Wildman–Crippen LogP) is 2.23. The second-order valence-electron chi connectivity index (χ2n) is 9.42. The molecule has 3 aliphatic rings. The van der Waals surface area contributed by atoms with Gasteiger partial charge in [-0.25, -0.2) is 0 Å². The van der Waals surface area contributed by atoms with Crippen molar-refractivity contribution in [1.29, 1.82) is 0 Å². The molecule has 1 aliphatic carbocycles. The maximum absolute atomic E-state index is 13.2. The van der Waals surface area contributed by atoms with Crippen LogP contribution in [0.2, 0.25) is 0 Å². The van der Waals surface area contributed by atoms with Crippen molar-refractivity contribution in [3.63, 3.8) is 0 Å². The zero-order valence-corrected chi connectivity index (χ0v) is 19.1. The van der Waals surface area contributed by atoms with E-state index in [0.717, 1.165) is 44.6 Å². The summed E-state index contributed by atoms with van der Waals surface area (Å²) in [7, 11) is 0. The Kier molecular flexibility index (Phi) is 5.76. The van der Waals surface area contributed by atoms with Gasteiger partial charge in [0.2, 0.25) is 0 Å². The highest BCUT2D eigenvalue weighted by molar-refractivity contribution is 5.94. The van der Waals surface area contributed by atoms with Crippen LogP contribution in [0.1, 0.15) is 33.6 Å². The minimum Gasteiger partial charge on any atom is -0.494 e. The molecule has 0 saturated carbocycles. The number of likely N-dealkylation sites (tertiary alicyclic amines) is 1. The number of benzene rings is 2. The van der Waals surface area contributed by atoms with E-state index in [1.54, 1.807) is 0 Å². The number of nitrogens with one attached hydrogen (secondary N) is 1. The normalized spacial score (nSPS) is 23.7. The number of aromatic nitrogens is 3. The maximum atomic E-state index is 13.2. The van der Waals surface area contributed by atoms with Gasteiger partial charge in [0.25, 0.3) is 5.91 Å². The highest BCUT2D eigenvalue weighted by Gasteiger charge is 2.39. The largest absolute Gasteiger partial charge is 0.494 e. The van der Waals surface area contributed by atoms with Crippen molar-refractivity contribution in [1.82, 2.24) is 25.2 Å². The summed E-state index contributed by atoms with van der Waals surface area (Å²) in [6.45, 7) is 3.18. The molecule has 0 radical (unpaired) electrons. The van der Waals surface area contributed by atoms with Crippen LogP contribution < -0.4 is 10.1 Å². The monoisotopic (exact) mass is 459 g/mol. The summed E-state index contributed by atoms with van der Waals surface area (Å²) in [5, 5.41) is 11.7. The minimum absolute atomic E-state index is 0.0985. The molecule has 0 spiro atoms. The lowest BCUT2D eigenvalue weighted by Gasteiger charge is -2.23. The second kappa shape index (κ2) is 9.19. The molecule has 4 bridgehead atoms. The van der Waals surface area contributed by atoms with E-state index < -0.39 is 0 Å². The van der Waals surface area contributed by atoms with Crippen LogP contribution in [0.15, 0.2) is 54.7 Å². The van der Waals surface area contributed by atoms with Gasteiger partial charge >= 0.3 is 0 Å². The number of carbonyl (C=O) groups is 1. The molecule has 8 nitrogen and oxygen atoms in total. The Bertz CT molecular complexity index is 1150. The number of aryl methyl sites for hydroxylation is 1.